The second-order valence-corrected chi connectivity index (χ2v) is 4.38. The third-order valence-corrected chi connectivity index (χ3v) is 3.12. The molecule has 2 N–H and O–H groups in total. The second kappa shape index (κ2) is 4.77. The van der Waals surface area contributed by atoms with Gasteiger partial charge in [-0.2, -0.15) is 0 Å². The molecule has 2 heterocycles. The average molecular weight is 253 g/mol. The quantitative estimate of drug-likeness (QED) is 0.801. The Kier molecular flexibility index (Phi) is 3.33. The fourth-order valence-electron chi connectivity index (χ4n) is 1.79. The highest BCUT2D eigenvalue weighted by atomic mass is 16.5. The van der Waals surface area contributed by atoms with Gasteiger partial charge in [0.1, 0.15) is 17.6 Å². The van der Waals surface area contributed by atoms with Gasteiger partial charge in [-0.25, -0.2) is 9.97 Å². The van der Waals surface area contributed by atoms with E-state index in [1.165, 1.54) is 13.4 Å². The number of carboxylic acids is 1. The van der Waals surface area contributed by atoms with Crippen LogP contribution in [0.1, 0.15) is 6.92 Å². The molecule has 2 unspecified atom stereocenters. The lowest BCUT2D eigenvalue weighted by atomic mass is 9.85. The van der Waals surface area contributed by atoms with Crippen LogP contribution in [-0.2, 0) is 9.53 Å². The molecule has 0 radical (unpaired) electrons. The summed E-state index contributed by atoms with van der Waals surface area (Å²) in [5, 5.41) is 12.3. The minimum atomic E-state index is -0.960. The lowest BCUT2D eigenvalue weighted by Crippen LogP contribution is -2.43. The zero-order valence-electron chi connectivity index (χ0n) is 10.2. The van der Waals surface area contributed by atoms with E-state index in [4.69, 9.17) is 9.47 Å². The predicted octanol–water partition coefficient (Wildman–Crippen LogP) is 0.387. The number of anilines is 1. The normalized spacial score (nSPS) is 26.9. The van der Waals surface area contributed by atoms with Gasteiger partial charge in [0, 0.05) is 6.07 Å². The van der Waals surface area contributed by atoms with E-state index in [2.05, 4.69) is 15.3 Å². The third kappa shape index (κ3) is 2.21. The standard InChI is InChI=1S/C11H15N3O4/c1-11(10(15)16)5-18-4-7(11)14-8-3-9(17-2)13-6-12-8/h3,6-7H,4-5H2,1-2H3,(H,15,16)(H,12,13,14). The Morgan fingerprint density at radius 3 is 3.11 bits per heavy atom. The zero-order valence-corrected chi connectivity index (χ0v) is 10.2. The number of methoxy groups -OCH3 is 1. The number of carbonyl (C=O) groups is 1. The number of rotatable bonds is 4. The maximum Gasteiger partial charge on any atom is 0.313 e. The molecule has 2 atom stereocenters. The van der Waals surface area contributed by atoms with E-state index < -0.39 is 11.4 Å². The van der Waals surface area contributed by atoms with Crippen LogP contribution in [0.5, 0.6) is 5.88 Å². The summed E-state index contributed by atoms with van der Waals surface area (Å²) in [5.74, 6) is 0.0480. The first-order valence-corrected chi connectivity index (χ1v) is 5.50. The van der Waals surface area contributed by atoms with Gasteiger partial charge in [0.2, 0.25) is 5.88 Å². The number of aromatic nitrogens is 2. The van der Waals surface area contributed by atoms with Crippen molar-refractivity contribution in [2.24, 2.45) is 5.41 Å². The van der Waals surface area contributed by atoms with Gasteiger partial charge in [0.05, 0.1) is 26.4 Å². The number of aliphatic carboxylic acids is 1. The molecule has 1 fully saturated rings. The number of ether oxygens (including phenoxy) is 2. The molecule has 7 heteroatoms. The minimum Gasteiger partial charge on any atom is -0.481 e. The molecule has 2 rings (SSSR count). The smallest absolute Gasteiger partial charge is 0.313 e. The summed E-state index contributed by atoms with van der Waals surface area (Å²) >= 11 is 0. The largest absolute Gasteiger partial charge is 0.481 e. The Bertz CT molecular complexity index is 454. The minimum absolute atomic E-state index is 0.183. The van der Waals surface area contributed by atoms with Gasteiger partial charge in [-0.15, -0.1) is 0 Å². The molecule has 1 aromatic heterocycles. The van der Waals surface area contributed by atoms with Crippen LogP contribution >= 0.6 is 0 Å². The summed E-state index contributed by atoms with van der Waals surface area (Å²) < 4.78 is 10.2. The van der Waals surface area contributed by atoms with Gasteiger partial charge in [-0.3, -0.25) is 4.79 Å². The van der Waals surface area contributed by atoms with E-state index in [0.717, 1.165) is 0 Å². The molecule has 18 heavy (non-hydrogen) atoms. The van der Waals surface area contributed by atoms with Gasteiger partial charge in [-0.05, 0) is 6.92 Å². The number of nitrogens with zero attached hydrogens (tertiary/aromatic N) is 2. The van der Waals surface area contributed by atoms with Crippen molar-refractivity contribution >= 4 is 11.8 Å². The molecule has 0 aromatic carbocycles. The van der Waals surface area contributed by atoms with Gasteiger partial charge >= 0.3 is 5.97 Å². The predicted molar refractivity (Wildman–Crippen MR) is 62.6 cm³/mol. The first kappa shape index (κ1) is 12.6. The fraction of sp³-hybridized carbons (Fsp3) is 0.545. The van der Waals surface area contributed by atoms with Gasteiger partial charge in [0.15, 0.2) is 0 Å². The van der Waals surface area contributed by atoms with E-state index in [1.807, 2.05) is 0 Å². The Hall–Kier alpha value is -1.89. The molecule has 98 valence electrons. The Balaban J connectivity index is 2.15. The molecule has 0 amide bonds. The summed E-state index contributed by atoms with van der Waals surface area (Å²) in [5.41, 5.74) is -0.960. The molecular weight excluding hydrogens is 238 g/mol. The van der Waals surface area contributed by atoms with Crippen LogP contribution in [0.25, 0.3) is 0 Å². The lowest BCUT2D eigenvalue weighted by Gasteiger charge is -2.25. The summed E-state index contributed by atoms with van der Waals surface area (Å²) in [6, 6.07) is 1.27. The first-order valence-electron chi connectivity index (χ1n) is 5.50. The van der Waals surface area contributed by atoms with E-state index >= 15 is 0 Å². The van der Waals surface area contributed by atoms with Crippen LogP contribution in [0.15, 0.2) is 12.4 Å². The van der Waals surface area contributed by atoms with Gasteiger partial charge in [-0.1, -0.05) is 0 Å². The molecule has 1 aliphatic heterocycles. The van der Waals surface area contributed by atoms with Crippen LogP contribution in [0.4, 0.5) is 5.82 Å². The van der Waals surface area contributed by atoms with Crippen molar-refractivity contribution < 1.29 is 19.4 Å². The maximum atomic E-state index is 11.3. The average Bonchev–Trinajstić information content (AvgIpc) is 2.73. The monoisotopic (exact) mass is 253 g/mol. The molecule has 1 saturated heterocycles. The molecule has 1 aromatic rings. The molecular formula is C11H15N3O4. The molecule has 7 nitrogen and oxygen atoms in total. The van der Waals surface area contributed by atoms with Crippen LogP contribution in [0.2, 0.25) is 0 Å². The van der Waals surface area contributed by atoms with Crippen molar-refractivity contribution in [3.63, 3.8) is 0 Å². The fourth-order valence-corrected chi connectivity index (χ4v) is 1.79. The molecule has 0 bridgehead atoms. The first-order chi connectivity index (χ1) is 8.56. The molecule has 0 spiro atoms. The summed E-state index contributed by atoms with van der Waals surface area (Å²) in [7, 11) is 1.51. The zero-order chi connectivity index (χ0) is 13.2. The van der Waals surface area contributed by atoms with Crippen molar-refractivity contribution in [2.75, 3.05) is 25.6 Å². The van der Waals surface area contributed by atoms with E-state index in [1.54, 1.807) is 13.0 Å². The Morgan fingerprint density at radius 2 is 2.44 bits per heavy atom. The van der Waals surface area contributed by atoms with Gasteiger partial charge < -0.3 is 19.9 Å². The van der Waals surface area contributed by atoms with E-state index in [9.17, 15) is 9.90 Å². The van der Waals surface area contributed by atoms with Crippen LogP contribution in [0.3, 0.4) is 0 Å². The van der Waals surface area contributed by atoms with Gasteiger partial charge in [0.25, 0.3) is 0 Å². The molecule has 0 aliphatic carbocycles. The number of nitrogens with one attached hydrogen (secondary N) is 1. The van der Waals surface area contributed by atoms with Crippen molar-refractivity contribution in [2.45, 2.75) is 13.0 Å². The lowest BCUT2D eigenvalue weighted by molar-refractivity contribution is -0.148. The number of carboxylic acid groups (broad SMARTS) is 1. The summed E-state index contributed by atoms with van der Waals surface area (Å²) in [6.45, 7) is 2.16. The van der Waals surface area contributed by atoms with Crippen LogP contribution < -0.4 is 10.1 Å². The second-order valence-electron chi connectivity index (χ2n) is 4.38. The van der Waals surface area contributed by atoms with Crippen molar-refractivity contribution in [1.29, 1.82) is 0 Å². The van der Waals surface area contributed by atoms with Crippen molar-refractivity contribution in [1.82, 2.24) is 9.97 Å². The van der Waals surface area contributed by atoms with E-state index in [0.29, 0.717) is 18.3 Å². The van der Waals surface area contributed by atoms with Crippen molar-refractivity contribution in [3.8, 4) is 5.88 Å². The molecule has 1 aliphatic rings. The number of hydrogen-bond acceptors (Lipinski definition) is 6. The number of hydrogen-bond donors (Lipinski definition) is 2. The summed E-state index contributed by atoms with van der Waals surface area (Å²) in [4.78, 5) is 19.2. The molecule has 0 saturated carbocycles. The Labute approximate surface area is 104 Å². The Morgan fingerprint density at radius 1 is 1.67 bits per heavy atom. The third-order valence-electron chi connectivity index (χ3n) is 3.12. The highest BCUT2D eigenvalue weighted by molar-refractivity contribution is 5.76. The topological polar surface area (TPSA) is 93.6 Å². The summed E-state index contributed by atoms with van der Waals surface area (Å²) in [6.07, 6.45) is 1.36. The van der Waals surface area contributed by atoms with Crippen molar-refractivity contribution in [3.05, 3.63) is 12.4 Å². The van der Waals surface area contributed by atoms with Crippen LogP contribution in [-0.4, -0.2) is 47.4 Å². The maximum absolute atomic E-state index is 11.3. The highest BCUT2D eigenvalue weighted by Gasteiger charge is 2.46. The van der Waals surface area contributed by atoms with E-state index in [-0.39, 0.29) is 12.6 Å². The highest BCUT2D eigenvalue weighted by Crippen LogP contribution is 2.31. The van der Waals surface area contributed by atoms with Crippen LogP contribution in [0, 0.1) is 5.41 Å². The SMILES string of the molecule is COc1cc(NC2COCC2(C)C(=O)O)ncn1.